The van der Waals surface area contributed by atoms with Crippen molar-refractivity contribution < 1.29 is 0 Å². The molecule has 2 aromatic carbocycles. The summed E-state index contributed by atoms with van der Waals surface area (Å²) in [5.74, 6) is 0.436. The Labute approximate surface area is 176 Å². The highest BCUT2D eigenvalue weighted by Crippen LogP contribution is 2.42. The number of hydrogen-bond acceptors (Lipinski definition) is 3. The van der Waals surface area contributed by atoms with Gasteiger partial charge in [-0.2, -0.15) is 10.2 Å². The molecule has 6 rings (SSSR count). The summed E-state index contributed by atoms with van der Waals surface area (Å²) in [6.07, 6.45) is 4.19. The second-order valence-corrected chi connectivity index (χ2v) is 8.33. The molecule has 0 amide bonds. The number of nitrogens with one attached hydrogen (secondary N) is 1. The molecule has 3 heterocycles. The third-order valence-electron chi connectivity index (χ3n) is 5.73. The average molecular weight is 416 g/mol. The van der Waals surface area contributed by atoms with E-state index in [-0.39, 0.29) is 5.56 Å². The van der Waals surface area contributed by atoms with Crippen molar-refractivity contribution in [3.05, 3.63) is 75.8 Å². The van der Waals surface area contributed by atoms with Crippen LogP contribution < -0.4 is 5.56 Å². The zero-order valence-corrected chi connectivity index (χ0v) is 17.0. The number of pyridine rings is 1. The Morgan fingerprint density at radius 1 is 1.07 bits per heavy atom. The molecule has 1 N–H and O–H groups in total. The Morgan fingerprint density at radius 3 is 2.63 bits per heavy atom. The Bertz CT molecular complexity index is 1490. The van der Waals surface area contributed by atoms with Crippen molar-refractivity contribution in [3.63, 3.8) is 0 Å². The lowest BCUT2D eigenvalue weighted by Crippen LogP contribution is -2.21. The maximum atomic E-state index is 13.8. The Balaban J connectivity index is 1.66. The molecule has 0 aliphatic heterocycles. The summed E-state index contributed by atoms with van der Waals surface area (Å²) in [6, 6.07) is 15.2. The lowest BCUT2D eigenvalue weighted by Gasteiger charge is -2.12. The van der Waals surface area contributed by atoms with E-state index in [1.54, 1.807) is 21.4 Å². The summed E-state index contributed by atoms with van der Waals surface area (Å²) >= 11 is 6.10. The lowest BCUT2D eigenvalue weighted by molar-refractivity contribution is 0.780. The van der Waals surface area contributed by atoms with Crippen LogP contribution in [0.3, 0.4) is 0 Å². The topological polar surface area (TPSA) is 68.5 Å². The van der Waals surface area contributed by atoms with Crippen molar-refractivity contribution in [2.24, 2.45) is 7.05 Å². The molecule has 1 aliphatic rings. The smallest absolute Gasteiger partial charge is 0.263 e. The van der Waals surface area contributed by atoms with Crippen LogP contribution in [0, 0.1) is 0 Å². The molecule has 5 aromatic rings. The predicted octanol–water partition coefficient (Wildman–Crippen LogP) is 4.80. The molecule has 1 aliphatic carbocycles. The number of nitrogens with zero attached hydrogens (tertiary/aromatic N) is 4. The molecule has 0 unspecified atom stereocenters. The number of rotatable bonds is 3. The van der Waals surface area contributed by atoms with E-state index in [9.17, 15) is 4.79 Å². The first kappa shape index (κ1) is 17.5. The molecule has 3 aromatic heterocycles. The fourth-order valence-electron chi connectivity index (χ4n) is 4.14. The summed E-state index contributed by atoms with van der Waals surface area (Å²) < 4.78 is 3.55. The van der Waals surface area contributed by atoms with Crippen LogP contribution in [0.5, 0.6) is 0 Å². The van der Waals surface area contributed by atoms with Gasteiger partial charge in [0, 0.05) is 40.8 Å². The summed E-state index contributed by atoms with van der Waals surface area (Å²) in [6.45, 7) is 0. The summed E-state index contributed by atoms with van der Waals surface area (Å²) in [5, 5.41) is 13.8. The maximum absolute atomic E-state index is 13.8. The van der Waals surface area contributed by atoms with Gasteiger partial charge in [-0.25, -0.2) is 0 Å². The molecular weight excluding hydrogens is 398 g/mol. The highest BCUT2D eigenvalue weighted by molar-refractivity contribution is 6.30. The van der Waals surface area contributed by atoms with Gasteiger partial charge in [-0.1, -0.05) is 17.7 Å². The monoisotopic (exact) mass is 415 g/mol. The third-order valence-corrected chi connectivity index (χ3v) is 5.99. The van der Waals surface area contributed by atoms with Gasteiger partial charge in [0.1, 0.15) is 5.52 Å². The van der Waals surface area contributed by atoms with Crippen LogP contribution >= 0.6 is 11.6 Å². The van der Waals surface area contributed by atoms with Crippen LogP contribution in [-0.4, -0.2) is 24.5 Å². The Morgan fingerprint density at radius 2 is 1.87 bits per heavy atom. The molecule has 0 atom stereocenters. The van der Waals surface area contributed by atoms with Crippen LogP contribution in [0.1, 0.15) is 24.5 Å². The van der Waals surface area contributed by atoms with Gasteiger partial charge in [0.15, 0.2) is 0 Å². The van der Waals surface area contributed by atoms with Gasteiger partial charge in [0.2, 0.25) is 0 Å². The third kappa shape index (κ3) is 2.68. The van der Waals surface area contributed by atoms with Gasteiger partial charge in [0.25, 0.3) is 5.56 Å². The van der Waals surface area contributed by atoms with Crippen LogP contribution in [0.4, 0.5) is 0 Å². The van der Waals surface area contributed by atoms with Crippen LogP contribution in [0.2, 0.25) is 5.02 Å². The first-order valence-corrected chi connectivity index (χ1v) is 10.3. The van der Waals surface area contributed by atoms with Crippen molar-refractivity contribution in [1.82, 2.24) is 24.5 Å². The predicted molar refractivity (Wildman–Crippen MR) is 118 cm³/mol. The van der Waals surface area contributed by atoms with Crippen molar-refractivity contribution >= 4 is 33.5 Å². The van der Waals surface area contributed by atoms with E-state index in [1.807, 2.05) is 49.6 Å². The summed E-state index contributed by atoms with van der Waals surface area (Å²) in [4.78, 5) is 13.8. The molecule has 0 radical (unpaired) electrons. The van der Waals surface area contributed by atoms with E-state index >= 15 is 0 Å². The Hall–Kier alpha value is -3.38. The number of aromatic nitrogens is 5. The molecule has 0 spiro atoms. The van der Waals surface area contributed by atoms with Crippen molar-refractivity contribution in [1.29, 1.82) is 0 Å². The molecule has 7 heteroatoms. The minimum absolute atomic E-state index is 0.0728. The van der Waals surface area contributed by atoms with Crippen LogP contribution in [0.25, 0.3) is 38.8 Å². The minimum atomic E-state index is -0.0728. The molecule has 0 bridgehead atoms. The molecular formula is C23H18ClN5O. The number of H-pyrrole nitrogens is 1. The van der Waals surface area contributed by atoms with E-state index in [4.69, 9.17) is 11.6 Å². The standard InChI is InChI=1S/C23H18ClN5O/c1-28-12-15-10-14(4-9-19(15)27-28)18-11-20-22(21(26-25-20)13-2-3-13)29(23(18)30)17-7-5-16(24)6-8-17/h4-13H,2-3H2,1H3,(H,25,26). The largest absolute Gasteiger partial charge is 0.279 e. The van der Waals surface area contributed by atoms with Gasteiger partial charge in [-0.3, -0.25) is 19.1 Å². The van der Waals surface area contributed by atoms with Gasteiger partial charge in [-0.05, 0) is 60.9 Å². The summed E-state index contributed by atoms with van der Waals surface area (Å²) in [5.41, 5.74) is 5.74. The zero-order valence-electron chi connectivity index (χ0n) is 16.3. The van der Waals surface area contributed by atoms with E-state index in [2.05, 4.69) is 15.3 Å². The van der Waals surface area contributed by atoms with Gasteiger partial charge in [-0.15, -0.1) is 0 Å². The van der Waals surface area contributed by atoms with Gasteiger partial charge in [0.05, 0.1) is 16.7 Å². The average Bonchev–Trinajstić information content (AvgIpc) is 3.38. The van der Waals surface area contributed by atoms with Crippen LogP contribution in [-0.2, 0) is 7.05 Å². The number of hydrogen-bond donors (Lipinski definition) is 1. The molecule has 1 saturated carbocycles. The number of benzene rings is 2. The van der Waals surface area contributed by atoms with Crippen molar-refractivity contribution in [3.8, 4) is 16.8 Å². The van der Waals surface area contributed by atoms with E-state index in [0.29, 0.717) is 16.5 Å². The fraction of sp³-hybridized carbons (Fsp3) is 0.174. The molecule has 6 nitrogen and oxygen atoms in total. The second kappa shape index (κ2) is 6.31. The zero-order chi connectivity index (χ0) is 20.4. The number of aryl methyl sites for hydroxylation is 1. The SMILES string of the molecule is Cn1cc2cc(-c3cc4n[nH]c(C5CC5)c4n(-c4ccc(Cl)cc4)c3=O)ccc2n1. The highest BCUT2D eigenvalue weighted by Gasteiger charge is 2.30. The first-order valence-electron chi connectivity index (χ1n) is 9.92. The molecule has 30 heavy (non-hydrogen) atoms. The number of fused-ring (bicyclic) bond motifs is 2. The summed E-state index contributed by atoms with van der Waals surface area (Å²) in [7, 11) is 1.89. The van der Waals surface area contributed by atoms with E-state index in [0.717, 1.165) is 51.7 Å². The van der Waals surface area contributed by atoms with Gasteiger partial charge >= 0.3 is 0 Å². The number of aromatic amines is 1. The van der Waals surface area contributed by atoms with Crippen molar-refractivity contribution in [2.45, 2.75) is 18.8 Å². The van der Waals surface area contributed by atoms with E-state index in [1.165, 1.54) is 0 Å². The normalized spacial score (nSPS) is 14.1. The highest BCUT2D eigenvalue weighted by atomic mass is 35.5. The maximum Gasteiger partial charge on any atom is 0.263 e. The minimum Gasteiger partial charge on any atom is -0.279 e. The molecule has 148 valence electrons. The number of halogens is 1. The lowest BCUT2D eigenvalue weighted by atomic mass is 10.0. The molecule has 0 saturated heterocycles. The molecule has 1 fully saturated rings. The van der Waals surface area contributed by atoms with E-state index < -0.39 is 0 Å². The quantitative estimate of drug-likeness (QED) is 0.460. The fourth-order valence-corrected chi connectivity index (χ4v) is 4.26. The second-order valence-electron chi connectivity index (χ2n) is 7.90. The van der Waals surface area contributed by atoms with Crippen molar-refractivity contribution in [2.75, 3.05) is 0 Å². The first-order chi connectivity index (χ1) is 14.6. The Kier molecular flexibility index (Phi) is 3.67. The van der Waals surface area contributed by atoms with Gasteiger partial charge < -0.3 is 0 Å². The van der Waals surface area contributed by atoms with Crippen LogP contribution in [0.15, 0.2) is 59.5 Å².